The van der Waals surface area contributed by atoms with Gasteiger partial charge in [-0.1, -0.05) is 0 Å². The van der Waals surface area contributed by atoms with Crippen LogP contribution >= 0.6 is 0 Å². The van der Waals surface area contributed by atoms with Gasteiger partial charge in [-0.25, -0.2) is 0 Å². The Balaban J connectivity index is 2.05. The molecule has 0 amide bonds. The van der Waals surface area contributed by atoms with Gasteiger partial charge in [0.05, 0.1) is 12.2 Å². The zero-order valence-electron chi connectivity index (χ0n) is 6.94. The van der Waals surface area contributed by atoms with Crippen LogP contribution in [-0.2, 0) is 4.79 Å². The molecule has 4 atom stereocenters. The van der Waals surface area contributed by atoms with Crippen molar-refractivity contribution in [3.8, 4) is 0 Å². The first-order valence-electron chi connectivity index (χ1n) is 4.54. The highest BCUT2D eigenvalue weighted by atomic mass is 16.3. The average molecular weight is 170 g/mol. The number of ketones is 1. The van der Waals surface area contributed by atoms with Gasteiger partial charge in [0.25, 0.3) is 0 Å². The summed E-state index contributed by atoms with van der Waals surface area (Å²) in [6.07, 6.45) is 1.26. The zero-order valence-corrected chi connectivity index (χ0v) is 6.94. The predicted molar refractivity (Wildman–Crippen MR) is 42.5 cm³/mol. The fraction of sp³-hybridized carbons (Fsp3) is 0.889. The maximum absolute atomic E-state index is 11.1. The van der Waals surface area contributed by atoms with E-state index in [-0.39, 0.29) is 0 Å². The summed E-state index contributed by atoms with van der Waals surface area (Å²) in [5.74, 6) is 0.984. The van der Waals surface area contributed by atoms with Gasteiger partial charge in [-0.2, -0.15) is 0 Å². The number of fused-ring (bicyclic) bond motifs is 1. The Hall–Kier alpha value is -0.410. The van der Waals surface area contributed by atoms with E-state index < -0.39 is 12.2 Å². The van der Waals surface area contributed by atoms with Gasteiger partial charge in [0.1, 0.15) is 5.78 Å². The maximum atomic E-state index is 11.1. The van der Waals surface area contributed by atoms with E-state index in [2.05, 4.69) is 0 Å². The van der Waals surface area contributed by atoms with Crippen LogP contribution < -0.4 is 0 Å². The van der Waals surface area contributed by atoms with Crippen molar-refractivity contribution in [2.24, 2.45) is 11.8 Å². The second kappa shape index (κ2) is 2.82. The van der Waals surface area contributed by atoms with E-state index in [9.17, 15) is 15.0 Å². The Bertz CT molecular complexity index is 182. The standard InChI is InChI=1S/C9H14O3/c10-7-1-5-3-8(11)9(12)4-6(5)2-7/h5-6,8-9,11-12H,1-4H2. The summed E-state index contributed by atoms with van der Waals surface area (Å²) in [5.41, 5.74) is 0. The minimum Gasteiger partial charge on any atom is -0.390 e. The number of aliphatic hydroxyl groups is 2. The van der Waals surface area contributed by atoms with Crippen molar-refractivity contribution in [2.45, 2.75) is 37.9 Å². The van der Waals surface area contributed by atoms with E-state index in [1.165, 1.54) is 0 Å². The fourth-order valence-electron chi connectivity index (χ4n) is 2.49. The van der Waals surface area contributed by atoms with Crippen molar-refractivity contribution in [2.75, 3.05) is 0 Å². The molecule has 0 aromatic carbocycles. The van der Waals surface area contributed by atoms with Crippen LogP contribution in [0.25, 0.3) is 0 Å². The third-order valence-corrected chi connectivity index (χ3v) is 3.18. The molecule has 0 spiro atoms. The molecule has 0 aliphatic heterocycles. The molecular weight excluding hydrogens is 156 g/mol. The van der Waals surface area contributed by atoms with Crippen molar-refractivity contribution in [3.63, 3.8) is 0 Å². The molecule has 2 fully saturated rings. The van der Waals surface area contributed by atoms with E-state index in [1.54, 1.807) is 0 Å². The van der Waals surface area contributed by atoms with E-state index in [0.29, 0.717) is 43.3 Å². The van der Waals surface area contributed by atoms with Crippen LogP contribution in [0.1, 0.15) is 25.7 Å². The van der Waals surface area contributed by atoms with Gasteiger partial charge in [0, 0.05) is 12.8 Å². The first-order valence-corrected chi connectivity index (χ1v) is 4.54. The van der Waals surface area contributed by atoms with Gasteiger partial charge in [-0.05, 0) is 24.7 Å². The topological polar surface area (TPSA) is 57.5 Å². The zero-order chi connectivity index (χ0) is 8.72. The lowest BCUT2D eigenvalue weighted by atomic mass is 9.79. The molecule has 0 aromatic rings. The number of rotatable bonds is 0. The Morgan fingerprint density at radius 2 is 1.42 bits per heavy atom. The number of hydrogen-bond acceptors (Lipinski definition) is 3. The highest BCUT2D eigenvalue weighted by Gasteiger charge is 2.41. The molecule has 12 heavy (non-hydrogen) atoms. The molecule has 3 heteroatoms. The monoisotopic (exact) mass is 170 g/mol. The molecule has 0 aromatic heterocycles. The molecule has 2 saturated carbocycles. The maximum Gasteiger partial charge on any atom is 0.133 e. The fourth-order valence-corrected chi connectivity index (χ4v) is 2.49. The summed E-state index contributed by atoms with van der Waals surface area (Å²) in [6.45, 7) is 0. The molecule has 2 aliphatic rings. The molecule has 2 aliphatic carbocycles. The SMILES string of the molecule is O=C1CC2CC(O)C(O)CC2C1. The van der Waals surface area contributed by atoms with Crippen LogP contribution in [0.4, 0.5) is 0 Å². The number of carbonyl (C=O) groups is 1. The summed E-state index contributed by atoms with van der Waals surface area (Å²) in [6, 6.07) is 0. The van der Waals surface area contributed by atoms with Crippen LogP contribution in [0, 0.1) is 11.8 Å². The van der Waals surface area contributed by atoms with Gasteiger partial charge >= 0.3 is 0 Å². The Kier molecular flexibility index (Phi) is 1.93. The smallest absolute Gasteiger partial charge is 0.133 e. The Morgan fingerprint density at radius 1 is 1.00 bits per heavy atom. The van der Waals surface area contributed by atoms with Crippen molar-refractivity contribution in [3.05, 3.63) is 0 Å². The van der Waals surface area contributed by atoms with Crippen LogP contribution in [0.3, 0.4) is 0 Å². The van der Waals surface area contributed by atoms with Crippen molar-refractivity contribution in [1.82, 2.24) is 0 Å². The molecule has 68 valence electrons. The number of carbonyl (C=O) groups excluding carboxylic acids is 1. The predicted octanol–water partition coefficient (Wildman–Crippen LogP) is 0.0973. The van der Waals surface area contributed by atoms with Crippen LogP contribution in [-0.4, -0.2) is 28.2 Å². The molecule has 2 N–H and O–H groups in total. The van der Waals surface area contributed by atoms with Gasteiger partial charge in [-0.15, -0.1) is 0 Å². The van der Waals surface area contributed by atoms with Crippen molar-refractivity contribution >= 4 is 5.78 Å². The van der Waals surface area contributed by atoms with E-state index in [4.69, 9.17) is 0 Å². The first kappa shape index (κ1) is 8.20. The minimum absolute atomic E-state index is 0.298. The number of hydrogen-bond donors (Lipinski definition) is 2. The Morgan fingerprint density at radius 3 is 1.83 bits per heavy atom. The van der Waals surface area contributed by atoms with E-state index in [0.717, 1.165) is 0 Å². The second-order valence-electron chi connectivity index (χ2n) is 4.07. The van der Waals surface area contributed by atoms with Gasteiger partial charge in [0.2, 0.25) is 0 Å². The Labute approximate surface area is 71.4 Å². The molecule has 0 heterocycles. The summed E-state index contributed by atoms with van der Waals surface area (Å²) >= 11 is 0. The van der Waals surface area contributed by atoms with Gasteiger partial charge in [-0.3, -0.25) is 4.79 Å². The summed E-state index contributed by atoms with van der Waals surface area (Å²) in [4.78, 5) is 11.1. The van der Waals surface area contributed by atoms with E-state index >= 15 is 0 Å². The lowest BCUT2D eigenvalue weighted by Gasteiger charge is -2.32. The lowest BCUT2D eigenvalue weighted by molar-refractivity contribution is -0.117. The van der Waals surface area contributed by atoms with Crippen LogP contribution in [0.15, 0.2) is 0 Å². The van der Waals surface area contributed by atoms with Crippen molar-refractivity contribution in [1.29, 1.82) is 0 Å². The van der Waals surface area contributed by atoms with E-state index in [1.807, 2.05) is 0 Å². The first-order chi connectivity index (χ1) is 5.66. The quantitative estimate of drug-likeness (QED) is 0.542. The molecule has 3 nitrogen and oxygen atoms in total. The van der Waals surface area contributed by atoms with Gasteiger partial charge in [0.15, 0.2) is 0 Å². The normalized spacial score (nSPS) is 47.7. The molecular formula is C9H14O3. The van der Waals surface area contributed by atoms with Gasteiger partial charge < -0.3 is 10.2 Å². The average Bonchev–Trinajstić information content (AvgIpc) is 2.30. The number of Topliss-reactive ketones (excluding diaryl/α,β-unsaturated/α-hetero) is 1. The summed E-state index contributed by atoms with van der Waals surface area (Å²) < 4.78 is 0. The third-order valence-electron chi connectivity index (χ3n) is 3.18. The lowest BCUT2D eigenvalue weighted by Crippen LogP contribution is -2.36. The summed E-state index contributed by atoms with van der Waals surface area (Å²) in [7, 11) is 0. The minimum atomic E-state index is -0.600. The molecule has 2 rings (SSSR count). The summed E-state index contributed by atoms with van der Waals surface area (Å²) in [5, 5.41) is 18.7. The molecule has 0 saturated heterocycles. The molecule has 0 bridgehead atoms. The second-order valence-corrected chi connectivity index (χ2v) is 4.07. The highest BCUT2D eigenvalue weighted by Crippen LogP contribution is 2.40. The number of aliphatic hydroxyl groups excluding tert-OH is 2. The largest absolute Gasteiger partial charge is 0.390 e. The highest BCUT2D eigenvalue weighted by molar-refractivity contribution is 5.81. The van der Waals surface area contributed by atoms with Crippen LogP contribution in [0.2, 0.25) is 0 Å². The molecule has 0 radical (unpaired) electrons. The molecule has 4 unspecified atom stereocenters. The van der Waals surface area contributed by atoms with Crippen LogP contribution in [0.5, 0.6) is 0 Å². The third kappa shape index (κ3) is 1.27. The van der Waals surface area contributed by atoms with Crippen molar-refractivity contribution < 1.29 is 15.0 Å².